The SMILES string of the molecule is COc1ccc(OC)c(N2CC(C(=O)Nc3ccc(C)cc3Br)CC2=O)c1. The van der Waals surface area contributed by atoms with Gasteiger partial charge in [-0.2, -0.15) is 0 Å². The number of halogens is 1. The first-order valence-corrected chi connectivity index (χ1v) is 9.31. The molecule has 2 amide bonds. The summed E-state index contributed by atoms with van der Waals surface area (Å²) in [6.07, 6.45) is 0.148. The number of hydrogen-bond donors (Lipinski definition) is 1. The first kappa shape index (κ1) is 19.2. The van der Waals surface area contributed by atoms with Gasteiger partial charge < -0.3 is 19.7 Å². The molecule has 1 aliphatic heterocycles. The van der Waals surface area contributed by atoms with Crippen LogP contribution in [-0.4, -0.2) is 32.6 Å². The van der Waals surface area contributed by atoms with E-state index >= 15 is 0 Å². The molecule has 0 spiro atoms. The van der Waals surface area contributed by atoms with Gasteiger partial charge in [0.25, 0.3) is 0 Å². The largest absolute Gasteiger partial charge is 0.497 e. The maximum atomic E-state index is 12.7. The zero-order chi connectivity index (χ0) is 19.6. The predicted octanol–water partition coefficient (Wildman–Crippen LogP) is 3.77. The number of benzene rings is 2. The van der Waals surface area contributed by atoms with Crippen LogP contribution in [0.25, 0.3) is 0 Å². The molecule has 27 heavy (non-hydrogen) atoms. The highest BCUT2D eigenvalue weighted by Gasteiger charge is 2.36. The van der Waals surface area contributed by atoms with E-state index in [4.69, 9.17) is 9.47 Å². The third kappa shape index (κ3) is 4.08. The number of aryl methyl sites for hydroxylation is 1. The van der Waals surface area contributed by atoms with E-state index in [-0.39, 0.29) is 24.8 Å². The lowest BCUT2D eigenvalue weighted by Crippen LogP contribution is -2.28. The van der Waals surface area contributed by atoms with Gasteiger partial charge in [0, 0.05) is 23.5 Å². The Balaban J connectivity index is 1.78. The number of ether oxygens (including phenoxy) is 2. The van der Waals surface area contributed by atoms with Crippen molar-refractivity contribution in [2.45, 2.75) is 13.3 Å². The summed E-state index contributed by atoms with van der Waals surface area (Å²) in [7, 11) is 3.11. The Hall–Kier alpha value is -2.54. The van der Waals surface area contributed by atoms with Gasteiger partial charge in [0.2, 0.25) is 11.8 Å². The lowest BCUT2D eigenvalue weighted by atomic mass is 10.1. The fourth-order valence-corrected chi connectivity index (χ4v) is 3.67. The average Bonchev–Trinajstić information content (AvgIpc) is 3.05. The van der Waals surface area contributed by atoms with Crippen molar-refractivity contribution in [1.29, 1.82) is 0 Å². The lowest BCUT2D eigenvalue weighted by Gasteiger charge is -2.20. The van der Waals surface area contributed by atoms with Crippen LogP contribution in [0.5, 0.6) is 11.5 Å². The molecule has 0 aromatic heterocycles. The molecular formula is C20H21BrN2O4. The van der Waals surface area contributed by atoms with Gasteiger partial charge in [0.05, 0.1) is 31.5 Å². The second-order valence-corrected chi connectivity index (χ2v) is 7.27. The number of rotatable bonds is 5. The first-order chi connectivity index (χ1) is 12.9. The van der Waals surface area contributed by atoms with Crippen LogP contribution >= 0.6 is 15.9 Å². The summed E-state index contributed by atoms with van der Waals surface area (Å²) < 4.78 is 11.4. The maximum absolute atomic E-state index is 12.7. The molecule has 1 N–H and O–H groups in total. The number of carbonyl (C=O) groups is 2. The van der Waals surface area contributed by atoms with E-state index < -0.39 is 5.92 Å². The van der Waals surface area contributed by atoms with E-state index in [1.54, 1.807) is 37.3 Å². The van der Waals surface area contributed by atoms with Gasteiger partial charge in [-0.15, -0.1) is 0 Å². The molecule has 2 aromatic rings. The van der Waals surface area contributed by atoms with Crippen molar-refractivity contribution in [3.05, 3.63) is 46.4 Å². The molecule has 1 fully saturated rings. The van der Waals surface area contributed by atoms with Crippen LogP contribution < -0.4 is 19.7 Å². The molecule has 1 aliphatic rings. The Labute approximate surface area is 166 Å². The van der Waals surface area contributed by atoms with Crippen molar-refractivity contribution in [1.82, 2.24) is 0 Å². The minimum Gasteiger partial charge on any atom is -0.497 e. The molecule has 1 unspecified atom stereocenters. The zero-order valence-corrected chi connectivity index (χ0v) is 17.0. The van der Waals surface area contributed by atoms with Crippen molar-refractivity contribution in [3.8, 4) is 11.5 Å². The normalized spacial score (nSPS) is 16.4. The molecule has 0 aliphatic carbocycles. The molecule has 6 nitrogen and oxygen atoms in total. The van der Waals surface area contributed by atoms with Crippen molar-refractivity contribution < 1.29 is 19.1 Å². The zero-order valence-electron chi connectivity index (χ0n) is 15.4. The Kier molecular flexibility index (Phi) is 5.70. The van der Waals surface area contributed by atoms with Crippen molar-refractivity contribution >= 4 is 39.1 Å². The number of nitrogens with zero attached hydrogens (tertiary/aromatic N) is 1. The third-order valence-corrected chi connectivity index (χ3v) is 5.21. The lowest BCUT2D eigenvalue weighted by molar-refractivity contribution is -0.122. The molecule has 1 saturated heterocycles. The second kappa shape index (κ2) is 8.00. The highest BCUT2D eigenvalue weighted by molar-refractivity contribution is 9.10. The van der Waals surface area contributed by atoms with Gasteiger partial charge in [-0.3, -0.25) is 9.59 Å². The standard InChI is InChI=1S/C20H21BrN2O4/c1-12-4-6-16(15(21)8-12)22-20(25)13-9-19(24)23(11-13)17-10-14(26-2)5-7-18(17)27-3/h4-8,10,13H,9,11H2,1-3H3,(H,22,25). The number of carbonyl (C=O) groups excluding carboxylic acids is 2. The molecule has 7 heteroatoms. The number of nitrogens with one attached hydrogen (secondary N) is 1. The van der Waals surface area contributed by atoms with Gasteiger partial charge in [-0.25, -0.2) is 0 Å². The maximum Gasteiger partial charge on any atom is 0.229 e. The first-order valence-electron chi connectivity index (χ1n) is 8.52. The molecular weight excluding hydrogens is 412 g/mol. The molecule has 1 atom stereocenters. The van der Waals surface area contributed by atoms with Crippen LogP contribution in [0.3, 0.4) is 0 Å². The fourth-order valence-electron chi connectivity index (χ4n) is 3.08. The van der Waals surface area contributed by atoms with Gasteiger partial charge in [0.1, 0.15) is 11.5 Å². The second-order valence-electron chi connectivity index (χ2n) is 6.42. The van der Waals surface area contributed by atoms with Crippen LogP contribution in [-0.2, 0) is 9.59 Å². The molecule has 2 aromatic carbocycles. The van der Waals surface area contributed by atoms with Gasteiger partial charge in [0.15, 0.2) is 0 Å². The van der Waals surface area contributed by atoms with Crippen LogP contribution in [0.2, 0.25) is 0 Å². The number of anilines is 2. The molecule has 0 radical (unpaired) electrons. The third-order valence-electron chi connectivity index (χ3n) is 4.56. The summed E-state index contributed by atoms with van der Waals surface area (Å²) in [6.45, 7) is 2.27. The van der Waals surface area contributed by atoms with Crippen molar-refractivity contribution in [2.24, 2.45) is 5.92 Å². The summed E-state index contributed by atoms with van der Waals surface area (Å²) in [6, 6.07) is 11.0. The topological polar surface area (TPSA) is 67.9 Å². The molecule has 0 bridgehead atoms. The van der Waals surface area contributed by atoms with Crippen LogP contribution in [0.1, 0.15) is 12.0 Å². The van der Waals surface area contributed by atoms with Crippen molar-refractivity contribution in [2.75, 3.05) is 31.0 Å². The van der Waals surface area contributed by atoms with Gasteiger partial charge in [-0.1, -0.05) is 6.07 Å². The van der Waals surface area contributed by atoms with Crippen LogP contribution in [0.15, 0.2) is 40.9 Å². The van der Waals surface area contributed by atoms with E-state index in [0.29, 0.717) is 22.9 Å². The van der Waals surface area contributed by atoms with Gasteiger partial charge in [-0.05, 0) is 52.7 Å². The minimum atomic E-state index is -0.443. The number of methoxy groups -OCH3 is 2. The Morgan fingerprint density at radius 2 is 1.96 bits per heavy atom. The summed E-state index contributed by atoms with van der Waals surface area (Å²) in [5.74, 6) is 0.435. The fraction of sp³-hybridized carbons (Fsp3) is 0.300. The summed E-state index contributed by atoms with van der Waals surface area (Å²) in [4.78, 5) is 26.8. The molecule has 3 rings (SSSR count). The van der Waals surface area contributed by atoms with Crippen LogP contribution in [0, 0.1) is 12.8 Å². The van der Waals surface area contributed by atoms with Crippen molar-refractivity contribution in [3.63, 3.8) is 0 Å². The van der Waals surface area contributed by atoms with E-state index in [1.807, 2.05) is 25.1 Å². The van der Waals surface area contributed by atoms with E-state index in [2.05, 4.69) is 21.2 Å². The monoisotopic (exact) mass is 432 g/mol. The minimum absolute atomic E-state index is 0.121. The van der Waals surface area contributed by atoms with E-state index in [0.717, 1.165) is 10.0 Å². The summed E-state index contributed by atoms with van der Waals surface area (Å²) in [5.41, 5.74) is 2.39. The number of amides is 2. The molecule has 0 saturated carbocycles. The summed E-state index contributed by atoms with van der Waals surface area (Å²) in [5, 5.41) is 2.90. The molecule has 142 valence electrons. The smallest absolute Gasteiger partial charge is 0.229 e. The van der Waals surface area contributed by atoms with E-state index in [1.165, 1.54) is 0 Å². The predicted molar refractivity (Wildman–Crippen MR) is 108 cm³/mol. The Morgan fingerprint density at radius 3 is 2.63 bits per heavy atom. The number of hydrogen-bond acceptors (Lipinski definition) is 4. The highest BCUT2D eigenvalue weighted by Crippen LogP contribution is 2.36. The van der Waals surface area contributed by atoms with Crippen LogP contribution in [0.4, 0.5) is 11.4 Å². The Morgan fingerprint density at radius 1 is 1.19 bits per heavy atom. The van der Waals surface area contributed by atoms with E-state index in [9.17, 15) is 9.59 Å². The average molecular weight is 433 g/mol. The Bertz CT molecular complexity index is 884. The highest BCUT2D eigenvalue weighted by atomic mass is 79.9. The summed E-state index contributed by atoms with van der Waals surface area (Å²) >= 11 is 3.46. The van der Waals surface area contributed by atoms with Gasteiger partial charge >= 0.3 is 0 Å². The quantitative estimate of drug-likeness (QED) is 0.780. The molecule has 1 heterocycles.